The van der Waals surface area contributed by atoms with E-state index in [-0.39, 0.29) is 11.8 Å². The summed E-state index contributed by atoms with van der Waals surface area (Å²) in [6.45, 7) is 3.78. The summed E-state index contributed by atoms with van der Waals surface area (Å²) in [5, 5.41) is 32.1. The van der Waals surface area contributed by atoms with Crippen LogP contribution in [0.2, 0.25) is 0 Å². The van der Waals surface area contributed by atoms with Gasteiger partial charge in [-0.1, -0.05) is 60.7 Å². The fourth-order valence-electron chi connectivity index (χ4n) is 4.01. The summed E-state index contributed by atoms with van der Waals surface area (Å²) in [7, 11) is 0. The molecule has 4 aromatic carbocycles. The molecule has 2 aromatic heterocycles. The van der Waals surface area contributed by atoms with E-state index in [4.69, 9.17) is 0 Å². The van der Waals surface area contributed by atoms with Gasteiger partial charge in [0.2, 0.25) is 11.8 Å². The Balaban J connectivity index is 0.000000142. The molecule has 168 valence electrons. The quantitative estimate of drug-likeness (QED) is 0.337. The minimum absolute atomic E-state index is 0.0515. The number of aromatic hydroxyl groups is 2. The summed E-state index contributed by atoms with van der Waals surface area (Å²) in [6, 6.07) is 31.7. The van der Waals surface area contributed by atoms with E-state index in [1.165, 1.54) is 16.2 Å². The maximum Gasteiger partial charge on any atom is 0.230 e. The largest absolute Gasteiger partial charge is 0.493 e. The molecule has 0 unspecified atom stereocenters. The van der Waals surface area contributed by atoms with Crippen LogP contribution in [0.5, 0.6) is 11.8 Å². The van der Waals surface area contributed by atoms with Gasteiger partial charge < -0.3 is 10.2 Å². The van der Waals surface area contributed by atoms with Crippen LogP contribution in [0, 0.1) is 13.8 Å². The fourth-order valence-corrected chi connectivity index (χ4v) is 4.01. The van der Waals surface area contributed by atoms with Gasteiger partial charge in [0.1, 0.15) is 0 Å². The summed E-state index contributed by atoms with van der Waals surface area (Å²) in [5.41, 5.74) is 3.55. The van der Waals surface area contributed by atoms with E-state index in [9.17, 15) is 10.2 Å². The highest BCUT2D eigenvalue weighted by atomic mass is 16.3. The molecule has 2 N–H and O–H groups in total. The van der Waals surface area contributed by atoms with Crippen molar-refractivity contribution in [2.24, 2.45) is 0 Å². The Morgan fingerprint density at radius 3 is 1.56 bits per heavy atom. The van der Waals surface area contributed by atoms with Crippen molar-refractivity contribution in [1.82, 2.24) is 19.6 Å². The van der Waals surface area contributed by atoms with Crippen LogP contribution in [0.25, 0.3) is 32.9 Å². The van der Waals surface area contributed by atoms with Crippen molar-refractivity contribution in [2.45, 2.75) is 13.8 Å². The van der Waals surface area contributed by atoms with Crippen LogP contribution in [-0.4, -0.2) is 29.8 Å². The monoisotopic (exact) mass is 448 g/mol. The number of hydrogen-bond donors (Lipinski definition) is 2. The second-order valence-corrected chi connectivity index (χ2v) is 8.17. The van der Waals surface area contributed by atoms with E-state index in [0.717, 1.165) is 28.1 Å². The van der Waals surface area contributed by atoms with Crippen molar-refractivity contribution in [3.8, 4) is 23.1 Å². The molecule has 0 aliphatic rings. The molecule has 0 saturated carbocycles. The number of aryl methyl sites for hydroxylation is 2. The summed E-state index contributed by atoms with van der Waals surface area (Å²) in [4.78, 5) is 0. The Bertz CT molecular complexity index is 1490. The lowest BCUT2D eigenvalue weighted by atomic mass is 10.1. The maximum absolute atomic E-state index is 9.76. The van der Waals surface area contributed by atoms with Gasteiger partial charge in [-0.3, -0.25) is 0 Å². The Morgan fingerprint density at radius 1 is 0.559 bits per heavy atom. The van der Waals surface area contributed by atoms with E-state index in [0.29, 0.717) is 0 Å². The summed E-state index contributed by atoms with van der Waals surface area (Å²) in [6.07, 6.45) is 0. The topological polar surface area (TPSA) is 76.1 Å². The minimum Gasteiger partial charge on any atom is -0.493 e. The zero-order valence-electron chi connectivity index (χ0n) is 18.9. The lowest BCUT2D eigenvalue weighted by Crippen LogP contribution is -1.98. The normalized spacial score (nSPS) is 10.9. The van der Waals surface area contributed by atoms with E-state index >= 15 is 0 Å². The molecule has 6 nitrogen and oxygen atoms in total. The molecule has 0 spiro atoms. The van der Waals surface area contributed by atoms with Gasteiger partial charge in [-0.25, -0.2) is 9.36 Å². The highest BCUT2D eigenvalue weighted by molar-refractivity contribution is 5.85. The average molecular weight is 449 g/mol. The predicted octanol–water partition coefficient (Wildman–Crippen LogP) is 6.08. The number of fused-ring (bicyclic) bond motifs is 2. The standard InChI is InChI=1S/2C14H12N2O/c1-10-8-14(17)15-16(10)13-7-6-11-4-2-3-5-12(11)9-13;1-10-8-14(17)16(15-10)13-7-6-11-4-2-3-5-12(11)9-13/h2-9H,1H3,(H,15,17);2-9,17H,1H3. The third-order valence-corrected chi connectivity index (χ3v) is 5.64. The molecule has 6 rings (SSSR count). The molecule has 0 saturated heterocycles. The highest BCUT2D eigenvalue weighted by Gasteiger charge is 2.07. The molecule has 0 atom stereocenters. The van der Waals surface area contributed by atoms with Crippen LogP contribution in [-0.2, 0) is 0 Å². The van der Waals surface area contributed by atoms with Crippen molar-refractivity contribution in [3.05, 3.63) is 108 Å². The smallest absolute Gasteiger partial charge is 0.230 e. The zero-order chi connectivity index (χ0) is 23.7. The lowest BCUT2D eigenvalue weighted by molar-refractivity contribution is 0.433. The molecule has 6 aromatic rings. The molecule has 2 heterocycles. The molecule has 0 bridgehead atoms. The van der Waals surface area contributed by atoms with Crippen molar-refractivity contribution in [1.29, 1.82) is 0 Å². The average Bonchev–Trinajstić information content (AvgIpc) is 3.38. The molecule has 0 aliphatic carbocycles. The van der Waals surface area contributed by atoms with Gasteiger partial charge in [0.15, 0.2) is 0 Å². The Kier molecular flexibility index (Phi) is 5.47. The number of rotatable bonds is 2. The van der Waals surface area contributed by atoms with Gasteiger partial charge in [0, 0.05) is 17.8 Å². The second kappa shape index (κ2) is 8.75. The molecule has 0 radical (unpaired) electrons. The number of hydrogen-bond acceptors (Lipinski definition) is 4. The first-order chi connectivity index (χ1) is 16.5. The summed E-state index contributed by atoms with van der Waals surface area (Å²) >= 11 is 0. The van der Waals surface area contributed by atoms with Gasteiger partial charge >= 0.3 is 0 Å². The first-order valence-corrected chi connectivity index (χ1v) is 11.0. The van der Waals surface area contributed by atoms with Crippen molar-refractivity contribution in [2.75, 3.05) is 0 Å². The maximum atomic E-state index is 9.76. The molecular weight excluding hydrogens is 424 g/mol. The van der Waals surface area contributed by atoms with Gasteiger partial charge in [-0.15, -0.1) is 5.10 Å². The van der Waals surface area contributed by atoms with Gasteiger partial charge in [-0.2, -0.15) is 5.10 Å². The van der Waals surface area contributed by atoms with Gasteiger partial charge in [0.25, 0.3) is 0 Å². The fraction of sp³-hybridized carbons (Fsp3) is 0.0714. The zero-order valence-corrected chi connectivity index (χ0v) is 18.9. The van der Waals surface area contributed by atoms with E-state index in [2.05, 4.69) is 40.5 Å². The van der Waals surface area contributed by atoms with Crippen molar-refractivity contribution in [3.63, 3.8) is 0 Å². The Labute approximate surface area is 197 Å². The molecular formula is C28H24N4O2. The van der Waals surface area contributed by atoms with Crippen LogP contribution in [0.3, 0.4) is 0 Å². The predicted molar refractivity (Wildman–Crippen MR) is 135 cm³/mol. The van der Waals surface area contributed by atoms with E-state index in [1.807, 2.05) is 68.4 Å². The third kappa shape index (κ3) is 4.21. The van der Waals surface area contributed by atoms with Crippen LogP contribution < -0.4 is 0 Å². The molecule has 0 aliphatic heterocycles. The molecule has 0 fully saturated rings. The van der Waals surface area contributed by atoms with E-state index < -0.39 is 0 Å². The van der Waals surface area contributed by atoms with Crippen molar-refractivity contribution >= 4 is 21.5 Å². The third-order valence-electron chi connectivity index (χ3n) is 5.64. The van der Waals surface area contributed by atoms with Crippen molar-refractivity contribution < 1.29 is 10.2 Å². The first-order valence-electron chi connectivity index (χ1n) is 11.0. The van der Waals surface area contributed by atoms with Crippen LogP contribution in [0.15, 0.2) is 97.1 Å². The van der Waals surface area contributed by atoms with Gasteiger partial charge in [0.05, 0.1) is 17.1 Å². The number of benzene rings is 4. The van der Waals surface area contributed by atoms with Crippen LogP contribution in [0.4, 0.5) is 0 Å². The molecule has 34 heavy (non-hydrogen) atoms. The highest BCUT2D eigenvalue weighted by Crippen LogP contribution is 2.23. The minimum atomic E-state index is 0.0515. The van der Waals surface area contributed by atoms with Crippen LogP contribution in [0.1, 0.15) is 11.4 Å². The second-order valence-electron chi connectivity index (χ2n) is 8.17. The molecule has 6 heteroatoms. The van der Waals surface area contributed by atoms with E-state index in [1.54, 1.807) is 21.5 Å². The summed E-state index contributed by atoms with van der Waals surface area (Å²) in [5.74, 6) is 0.216. The Hall–Kier alpha value is -4.58. The van der Waals surface area contributed by atoms with Gasteiger partial charge in [-0.05, 0) is 59.7 Å². The van der Waals surface area contributed by atoms with Crippen LogP contribution >= 0.6 is 0 Å². The summed E-state index contributed by atoms with van der Waals surface area (Å²) < 4.78 is 3.28. The lowest BCUT2D eigenvalue weighted by Gasteiger charge is -2.05. The molecule has 0 amide bonds. The SMILES string of the molecule is Cc1cc(O)n(-c2ccc3ccccc3c2)n1.Cc1cc(O)nn1-c1ccc2ccccc2c1. The first kappa shape index (κ1) is 21.3. The number of nitrogens with zero attached hydrogens (tertiary/aromatic N) is 4. The Morgan fingerprint density at radius 2 is 1.09 bits per heavy atom. The number of aromatic nitrogens is 4.